The van der Waals surface area contributed by atoms with Crippen LogP contribution in [0.5, 0.6) is 5.75 Å². The predicted molar refractivity (Wildman–Crippen MR) is 119 cm³/mol. The van der Waals surface area contributed by atoms with Gasteiger partial charge < -0.3 is 10.1 Å². The first-order chi connectivity index (χ1) is 13.8. The molecular weight excluding hydrogens is 342 g/mol. The van der Waals surface area contributed by atoms with Gasteiger partial charge in [-0.05, 0) is 57.3 Å². The van der Waals surface area contributed by atoms with Crippen LogP contribution in [0.4, 0.5) is 0 Å². The van der Waals surface area contributed by atoms with E-state index >= 15 is 0 Å². The normalized spacial score (nSPS) is 11.0. The van der Waals surface area contributed by atoms with E-state index in [1.807, 2.05) is 18.2 Å². The molecule has 2 heteroatoms. The Balaban J connectivity index is 1.48. The summed E-state index contributed by atoms with van der Waals surface area (Å²) in [5, 5.41) is 8.84. The van der Waals surface area contributed by atoms with Crippen LogP contribution < -0.4 is 10.1 Å². The van der Waals surface area contributed by atoms with Gasteiger partial charge in [0.05, 0.1) is 6.61 Å². The highest BCUT2D eigenvalue weighted by atomic mass is 16.5. The molecule has 2 nitrogen and oxygen atoms in total. The van der Waals surface area contributed by atoms with Gasteiger partial charge in [-0.3, -0.25) is 0 Å². The van der Waals surface area contributed by atoms with Crippen molar-refractivity contribution in [3.8, 4) is 5.75 Å². The number of fused-ring (bicyclic) bond motifs is 2. The summed E-state index contributed by atoms with van der Waals surface area (Å²) in [4.78, 5) is 0. The van der Waals surface area contributed by atoms with Gasteiger partial charge in [0.2, 0.25) is 0 Å². The lowest BCUT2D eigenvalue weighted by Gasteiger charge is -2.13. The Morgan fingerprint density at radius 1 is 0.786 bits per heavy atom. The second kappa shape index (κ2) is 8.73. The van der Waals surface area contributed by atoms with Crippen molar-refractivity contribution in [3.63, 3.8) is 0 Å². The van der Waals surface area contributed by atoms with Gasteiger partial charge in [-0.2, -0.15) is 0 Å². The minimum absolute atomic E-state index is 0.676. The summed E-state index contributed by atoms with van der Waals surface area (Å²) in [7, 11) is 0. The highest BCUT2D eigenvalue weighted by Crippen LogP contribution is 2.28. The molecular formula is C26H25NO. The van der Waals surface area contributed by atoms with Gasteiger partial charge >= 0.3 is 0 Å². The Morgan fingerprint density at radius 2 is 1.43 bits per heavy atom. The molecule has 0 fully saturated rings. The second-order valence-corrected chi connectivity index (χ2v) is 6.97. The smallest absolute Gasteiger partial charge is 0.119 e. The summed E-state index contributed by atoms with van der Waals surface area (Å²) in [6.45, 7) is 6.05. The van der Waals surface area contributed by atoms with Gasteiger partial charge in [0.1, 0.15) is 5.75 Å². The standard InChI is InChI=1S/C26H25NO/c1-2-3-16-28-23-14-12-20(13-15-23)18-27-19-26-24-10-6-4-8-21(24)17-22-9-5-7-11-25(22)26/h2,4-15,17,27H,1,3,16,18-19H2. The van der Waals surface area contributed by atoms with Crippen LogP contribution in [0, 0.1) is 0 Å². The first kappa shape index (κ1) is 18.3. The highest BCUT2D eigenvalue weighted by molar-refractivity contribution is 6.02. The summed E-state index contributed by atoms with van der Waals surface area (Å²) in [5.74, 6) is 0.908. The molecule has 0 radical (unpaired) electrons. The Morgan fingerprint density at radius 3 is 2.07 bits per heavy atom. The molecule has 28 heavy (non-hydrogen) atoms. The SMILES string of the molecule is C=CCCOc1ccc(CNCc2c3ccccc3cc3ccccc23)cc1. The summed E-state index contributed by atoms with van der Waals surface area (Å²) in [5.41, 5.74) is 2.61. The van der Waals surface area contributed by atoms with Crippen LogP contribution in [0.15, 0.2) is 91.5 Å². The number of hydrogen-bond donors (Lipinski definition) is 1. The minimum atomic E-state index is 0.676. The summed E-state index contributed by atoms with van der Waals surface area (Å²) in [6, 6.07) is 27.8. The molecule has 0 aromatic heterocycles. The van der Waals surface area contributed by atoms with Crippen molar-refractivity contribution >= 4 is 21.5 Å². The van der Waals surface area contributed by atoms with E-state index in [1.165, 1.54) is 32.7 Å². The Kier molecular flexibility index (Phi) is 5.69. The molecule has 4 aromatic carbocycles. The first-order valence-electron chi connectivity index (χ1n) is 9.78. The third-order valence-corrected chi connectivity index (χ3v) is 5.03. The molecule has 140 valence electrons. The zero-order valence-corrected chi connectivity index (χ0v) is 16.0. The zero-order valence-electron chi connectivity index (χ0n) is 16.0. The van der Waals surface area contributed by atoms with E-state index in [4.69, 9.17) is 4.74 Å². The van der Waals surface area contributed by atoms with Gasteiger partial charge in [-0.15, -0.1) is 6.58 Å². The fourth-order valence-electron chi connectivity index (χ4n) is 3.59. The average molecular weight is 367 g/mol. The fourth-order valence-corrected chi connectivity index (χ4v) is 3.59. The number of nitrogens with one attached hydrogen (secondary N) is 1. The lowest BCUT2D eigenvalue weighted by molar-refractivity contribution is 0.325. The highest BCUT2D eigenvalue weighted by Gasteiger charge is 2.07. The molecule has 4 rings (SSSR count). The maximum absolute atomic E-state index is 5.68. The van der Waals surface area contributed by atoms with E-state index in [0.29, 0.717) is 6.61 Å². The van der Waals surface area contributed by atoms with E-state index in [2.05, 4.69) is 78.6 Å². The van der Waals surface area contributed by atoms with Crippen LogP contribution in [0.1, 0.15) is 17.5 Å². The molecule has 0 spiro atoms. The number of ether oxygens (including phenoxy) is 1. The lowest BCUT2D eigenvalue weighted by Crippen LogP contribution is -2.13. The van der Waals surface area contributed by atoms with Crippen molar-refractivity contribution in [2.24, 2.45) is 0 Å². The van der Waals surface area contributed by atoms with Crippen molar-refractivity contribution in [3.05, 3.63) is 103 Å². The molecule has 4 aromatic rings. The van der Waals surface area contributed by atoms with Gasteiger partial charge in [-0.1, -0.05) is 66.7 Å². The summed E-state index contributed by atoms with van der Waals surface area (Å²) < 4.78 is 5.68. The van der Waals surface area contributed by atoms with Crippen molar-refractivity contribution < 1.29 is 4.74 Å². The van der Waals surface area contributed by atoms with Gasteiger partial charge in [-0.25, -0.2) is 0 Å². The molecule has 0 aliphatic rings. The molecule has 0 saturated heterocycles. The maximum atomic E-state index is 5.68. The molecule has 0 aliphatic heterocycles. The van der Waals surface area contributed by atoms with E-state index in [0.717, 1.165) is 25.3 Å². The number of rotatable bonds is 8. The van der Waals surface area contributed by atoms with E-state index in [9.17, 15) is 0 Å². The van der Waals surface area contributed by atoms with Crippen molar-refractivity contribution in [2.75, 3.05) is 6.61 Å². The molecule has 0 saturated carbocycles. The molecule has 0 amide bonds. The predicted octanol–water partition coefficient (Wildman–Crippen LogP) is 6.24. The molecule has 0 atom stereocenters. The van der Waals surface area contributed by atoms with E-state index in [1.54, 1.807) is 0 Å². The van der Waals surface area contributed by atoms with Crippen LogP contribution >= 0.6 is 0 Å². The van der Waals surface area contributed by atoms with E-state index < -0.39 is 0 Å². The lowest BCUT2D eigenvalue weighted by atomic mass is 9.97. The molecule has 1 N–H and O–H groups in total. The van der Waals surface area contributed by atoms with E-state index in [-0.39, 0.29) is 0 Å². The molecule has 0 unspecified atom stereocenters. The Hall–Kier alpha value is -3.10. The Bertz CT molecular complexity index is 1030. The van der Waals surface area contributed by atoms with Crippen molar-refractivity contribution in [2.45, 2.75) is 19.5 Å². The van der Waals surface area contributed by atoms with Gasteiger partial charge in [0, 0.05) is 13.1 Å². The Labute approximate surface area is 166 Å². The summed E-state index contributed by atoms with van der Waals surface area (Å²) in [6.07, 6.45) is 2.73. The minimum Gasteiger partial charge on any atom is -0.493 e. The summed E-state index contributed by atoms with van der Waals surface area (Å²) >= 11 is 0. The van der Waals surface area contributed by atoms with Crippen molar-refractivity contribution in [1.82, 2.24) is 5.32 Å². The van der Waals surface area contributed by atoms with Crippen LogP contribution in [-0.4, -0.2) is 6.61 Å². The molecule has 0 bridgehead atoms. The maximum Gasteiger partial charge on any atom is 0.119 e. The topological polar surface area (TPSA) is 21.3 Å². The molecule has 0 heterocycles. The van der Waals surface area contributed by atoms with Crippen LogP contribution in [-0.2, 0) is 13.1 Å². The number of hydrogen-bond acceptors (Lipinski definition) is 2. The first-order valence-corrected chi connectivity index (χ1v) is 9.78. The second-order valence-electron chi connectivity index (χ2n) is 6.97. The van der Waals surface area contributed by atoms with Crippen molar-refractivity contribution in [1.29, 1.82) is 0 Å². The quantitative estimate of drug-likeness (QED) is 0.226. The third-order valence-electron chi connectivity index (χ3n) is 5.03. The average Bonchev–Trinajstić information content (AvgIpc) is 2.74. The monoisotopic (exact) mass is 367 g/mol. The fraction of sp³-hybridized carbons (Fsp3) is 0.154. The largest absolute Gasteiger partial charge is 0.493 e. The van der Waals surface area contributed by atoms with Crippen LogP contribution in [0.3, 0.4) is 0 Å². The van der Waals surface area contributed by atoms with Gasteiger partial charge in [0.15, 0.2) is 0 Å². The third kappa shape index (κ3) is 4.08. The number of benzene rings is 4. The molecule has 0 aliphatic carbocycles. The van der Waals surface area contributed by atoms with Crippen LogP contribution in [0.2, 0.25) is 0 Å². The zero-order chi connectivity index (χ0) is 19.2. The van der Waals surface area contributed by atoms with Crippen LogP contribution in [0.25, 0.3) is 21.5 Å². The van der Waals surface area contributed by atoms with Gasteiger partial charge in [0.25, 0.3) is 0 Å².